The number of carbonyl (C=O) groups is 1. The van der Waals surface area contributed by atoms with Crippen LogP contribution in [-0.2, 0) is 0 Å². The van der Waals surface area contributed by atoms with Gasteiger partial charge in [0.05, 0.1) is 24.2 Å². The molecule has 9 heteroatoms. The third-order valence-electron chi connectivity index (χ3n) is 4.68. The van der Waals surface area contributed by atoms with Crippen molar-refractivity contribution in [1.82, 2.24) is 14.8 Å². The molecule has 0 bridgehead atoms. The fourth-order valence-corrected chi connectivity index (χ4v) is 4.33. The fraction of sp³-hybridized carbons (Fsp3) is 0.136. The van der Waals surface area contributed by atoms with Gasteiger partial charge in [-0.2, -0.15) is 5.10 Å². The number of anilines is 1. The molecule has 1 amide bonds. The van der Waals surface area contributed by atoms with Crippen LogP contribution < -0.4 is 10.1 Å². The van der Waals surface area contributed by atoms with Crippen LogP contribution in [0.15, 0.2) is 48.5 Å². The van der Waals surface area contributed by atoms with Crippen LogP contribution in [0.25, 0.3) is 16.9 Å². The number of hydrogen-bond donors (Lipinski definition) is 1. The predicted octanol–water partition coefficient (Wildman–Crippen LogP) is 5.67. The van der Waals surface area contributed by atoms with Gasteiger partial charge in [-0.15, -0.1) is 11.3 Å². The van der Waals surface area contributed by atoms with E-state index in [0.717, 1.165) is 21.9 Å². The number of aromatic nitrogens is 3. The zero-order chi connectivity index (χ0) is 22.1. The molecule has 158 valence electrons. The van der Waals surface area contributed by atoms with Crippen molar-refractivity contribution in [1.29, 1.82) is 0 Å². The summed E-state index contributed by atoms with van der Waals surface area (Å²) in [5.41, 5.74) is 2.96. The van der Waals surface area contributed by atoms with Gasteiger partial charge < -0.3 is 4.74 Å². The first-order valence-electron chi connectivity index (χ1n) is 9.31. The van der Waals surface area contributed by atoms with E-state index in [1.54, 1.807) is 26.2 Å². The van der Waals surface area contributed by atoms with Gasteiger partial charge in [-0.05, 0) is 62.4 Å². The van der Waals surface area contributed by atoms with Crippen LogP contribution in [0.2, 0.25) is 5.15 Å². The minimum absolute atomic E-state index is 0.144. The number of nitrogens with one attached hydrogen (secondary N) is 1. The number of carbonyl (C=O) groups excluding carboxylic acids is 1. The number of hydrogen-bond acceptors (Lipinski definition) is 5. The van der Waals surface area contributed by atoms with Gasteiger partial charge in [-0.3, -0.25) is 10.1 Å². The molecule has 1 N–H and O–H groups in total. The molecule has 0 saturated carbocycles. The summed E-state index contributed by atoms with van der Waals surface area (Å²) in [5.74, 6) is -0.0205. The highest BCUT2D eigenvalue weighted by Gasteiger charge is 2.22. The van der Waals surface area contributed by atoms with Gasteiger partial charge in [-0.1, -0.05) is 11.6 Å². The summed E-state index contributed by atoms with van der Waals surface area (Å²) in [5, 5.41) is 7.75. The standard InChI is InChI=1S/C22H18ClFN4O2S/c1-12-18(20(23)28(27-12)16-8-6-15(24)7-9-16)21(29)26-22-25-19(13(2)31-22)14-4-10-17(30-3)11-5-14/h4-11H,1-3H3,(H,25,26,29). The van der Waals surface area contributed by atoms with Gasteiger partial charge in [0.25, 0.3) is 5.91 Å². The van der Waals surface area contributed by atoms with Crippen LogP contribution in [0.3, 0.4) is 0 Å². The highest BCUT2D eigenvalue weighted by atomic mass is 35.5. The van der Waals surface area contributed by atoms with Crippen LogP contribution in [0.1, 0.15) is 20.9 Å². The second-order valence-corrected chi connectivity index (χ2v) is 8.31. The number of rotatable bonds is 5. The number of halogens is 2. The highest BCUT2D eigenvalue weighted by Crippen LogP contribution is 2.32. The largest absolute Gasteiger partial charge is 0.497 e. The van der Waals surface area contributed by atoms with Crippen molar-refractivity contribution in [3.63, 3.8) is 0 Å². The lowest BCUT2D eigenvalue weighted by Gasteiger charge is -2.04. The lowest BCUT2D eigenvalue weighted by Crippen LogP contribution is -2.13. The molecule has 0 atom stereocenters. The Balaban J connectivity index is 1.59. The minimum Gasteiger partial charge on any atom is -0.497 e. The summed E-state index contributed by atoms with van der Waals surface area (Å²) in [6, 6.07) is 13.3. The number of amides is 1. The van der Waals surface area contributed by atoms with Crippen LogP contribution in [0.5, 0.6) is 5.75 Å². The van der Waals surface area contributed by atoms with E-state index in [2.05, 4.69) is 15.4 Å². The number of aryl methyl sites for hydroxylation is 2. The zero-order valence-corrected chi connectivity index (χ0v) is 18.5. The molecule has 2 aromatic carbocycles. The van der Waals surface area contributed by atoms with Crippen LogP contribution in [0, 0.1) is 19.7 Å². The van der Waals surface area contributed by atoms with Gasteiger partial charge in [-0.25, -0.2) is 14.1 Å². The Hall–Kier alpha value is -3.23. The molecule has 0 spiro atoms. The minimum atomic E-state index is -0.411. The van der Waals surface area contributed by atoms with Crippen LogP contribution in [-0.4, -0.2) is 27.8 Å². The van der Waals surface area contributed by atoms with Crippen molar-refractivity contribution >= 4 is 34.0 Å². The number of thiazole rings is 1. The van der Waals surface area contributed by atoms with Crippen molar-refractivity contribution in [2.75, 3.05) is 12.4 Å². The maximum atomic E-state index is 13.2. The van der Waals surface area contributed by atoms with Gasteiger partial charge in [0.2, 0.25) is 0 Å². The molecule has 0 unspecified atom stereocenters. The highest BCUT2D eigenvalue weighted by molar-refractivity contribution is 7.16. The predicted molar refractivity (Wildman–Crippen MR) is 120 cm³/mol. The second kappa shape index (κ2) is 8.49. The van der Waals surface area contributed by atoms with E-state index < -0.39 is 5.91 Å². The second-order valence-electron chi connectivity index (χ2n) is 6.75. The Morgan fingerprint density at radius 1 is 1.13 bits per heavy atom. The summed E-state index contributed by atoms with van der Waals surface area (Å²) in [6.45, 7) is 3.63. The lowest BCUT2D eigenvalue weighted by molar-refractivity contribution is 0.102. The molecule has 0 fully saturated rings. The molecule has 0 saturated heterocycles. The van der Waals surface area contributed by atoms with Crippen LogP contribution in [0.4, 0.5) is 9.52 Å². The molecular weight excluding hydrogens is 439 g/mol. The average molecular weight is 457 g/mol. The Bertz CT molecular complexity index is 1250. The first kappa shape index (κ1) is 21.0. The molecule has 0 aliphatic heterocycles. The Morgan fingerprint density at radius 3 is 2.45 bits per heavy atom. The van der Waals surface area contributed by atoms with E-state index in [1.165, 1.54) is 28.2 Å². The first-order chi connectivity index (χ1) is 14.9. The topological polar surface area (TPSA) is 69.0 Å². The number of nitrogens with zero attached hydrogens (tertiary/aromatic N) is 3. The third-order valence-corrected chi connectivity index (χ3v) is 5.92. The fourth-order valence-electron chi connectivity index (χ4n) is 3.14. The van der Waals surface area contributed by atoms with Crippen LogP contribution >= 0.6 is 22.9 Å². The summed E-state index contributed by atoms with van der Waals surface area (Å²) >= 11 is 7.82. The van der Waals surface area contributed by atoms with E-state index in [0.29, 0.717) is 16.5 Å². The monoisotopic (exact) mass is 456 g/mol. The number of ether oxygens (including phenoxy) is 1. The van der Waals surface area contributed by atoms with E-state index >= 15 is 0 Å². The molecular formula is C22H18ClFN4O2S. The summed E-state index contributed by atoms with van der Waals surface area (Å²) < 4.78 is 19.8. The SMILES string of the molecule is COc1ccc(-c2nc(NC(=O)c3c(C)nn(-c4ccc(F)cc4)c3Cl)sc2C)cc1. The molecule has 31 heavy (non-hydrogen) atoms. The summed E-state index contributed by atoms with van der Waals surface area (Å²) in [6.07, 6.45) is 0. The summed E-state index contributed by atoms with van der Waals surface area (Å²) in [4.78, 5) is 18.5. The van der Waals surface area contributed by atoms with E-state index in [4.69, 9.17) is 16.3 Å². The van der Waals surface area contributed by atoms with Crippen molar-refractivity contribution in [2.45, 2.75) is 13.8 Å². The van der Waals surface area contributed by atoms with Gasteiger partial charge in [0.15, 0.2) is 5.13 Å². The molecule has 4 aromatic rings. The smallest absolute Gasteiger partial charge is 0.262 e. The van der Waals surface area contributed by atoms with Crippen molar-refractivity contribution in [3.05, 3.63) is 75.6 Å². The average Bonchev–Trinajstić information content (AvgIpc) is 3.27. The Kier molecular flexibility index (Phi) is 5.75. The Morgan fingerprint density at radius 2 is 1.81 bits per heavy atom. The van der Waals surface area contributed by atoms with E-state index in [9.17, 15) is 9.18 Å². The van der Waals surface area contributed by atoms with Crippen molar-refractivity contribution in [3.8, 4) is 22.7 Å². The maximum Gasteiger partial charge on any atom is 0.262 e. The zero-order valence-electron chi connectivity index (χ0n) is 16.9. The first-order valence-corrected chi connectivity index (χ1v) is 10.5. The molecule has 4 rings (SSSR count). The molecule has 0 aliphatic rings. The van der Waals surface area contributed by atoms with Crippen molar-refractivity contribution in [2.24, 2.45) is 0 Å². The normalized spacial score (nSPS) is 10.9. The molecule has 0 radical (unpaired) electrons. The van der Waals surface area contributed by atoms with Gasteiger partial charge in [0.1, 0.15) is 22.3 Å². The molecule has 0 aliphatic carbocycles. The third kappa shape index (κ3) is 4.17. The van der Waals surface area contributed by atoms with Crippen molar-refractivity contribution < 1.29 is 13.9 Å². The number of benzene rings is 2. The number of methoxy groups -OCH3 is 1. The molecule has 2 heterocycles. The molecule has 6 nitrogen and oxygen atoms in total. The molecule has 2 aromatic heterocycles. The Labute approximate surface area is 187 Å². The maximum absolute atomic E-state index is 13.2. The quantitative estimate of drug-likeness (QED) is 0.420. The van der Waals surface area contributed by atoms with E-state index in [-0.39, 0.29) is 16.5 Å². The van der Waals surface area contributed by atoms with Gasteiger partial charge in [0, 0.05) is 10.4 Å². The lowest BCUT2D eigenvalue weighted by atomic mass is 10.1. The summed E-state index contributed by atoms with van der Waals surface area (Å²) in [7, 11) is 1.61. The van der Waals surface area contributed by atoms with Gasteiger partial charge >= 0.3 is 0 Å². The van der Waals surface area contributed by atoms with E-state index in [1.807, 2.05) is 31.2 Å².